The maximum absolute atomic E-state index is 13.7. The van der Waals surface area contributed by atoms with Gasteiger partial charge in [-0.2, -0.15) is 0 Å². The number of hydrogen-bond acceptors (Lipinski definition) is 10. The highest BCUT2D eigenvalue weighted by Gasteiger charge is 2.48. The monoisotopic (exact) mass is 629 g/mol. The van der Waals surface area contributed by atoms with Crippen molar-refractivity contribution in [1.82, 2.24) is 10.2 Å². The van der Waals surface area contributed by atoms with Gasteiger partial charge in [0.2, 0.25) is 5.13 Å². The van der Waals surface area contributed by atoms with Gasteiger partial charge in [-0.25, -0.2) is 0 Å². The van der Waals surface area contributed by atoms with Crippen molar-refractivity contribution in [3.8, 4) is 17.2 Å². The molecule has 1 fully saturated rings. The Labute approximate surface area is 263 Å². The summed E-state index contributed by atoms with van der Waals surface area (Å²) in [5, 5.41) is 20.6. The fourth-order valence-electron chi connectivity index (χ4n) is 5.39. The van der Waals surface area contributed by atoms with Gasteiger partial charge in [-0.3, -0.25) is 14.5 Å². The van der Waals surface area contributed by atoms with Crippen molar-refractivity contribution in [2.24, 2.45) is 0 Å². The highest BCUT2D eigenvalue weighted by atomic mass is 32.2. The Kier molecular flexibility index (Phi) is 8.58. The fraction of sp³-hybridized carbons (Fsp3) is 0.273. The molecule has 2 aliphatic heterocycles. The minimum Gasteiger partial charge on any atom is -0.507 e. The van der Waals surface area contributed by atoms with Crippen molar-refractivity contribution in [2.45, 2.75) is 49.4 Å². The van der Waals surface area contributed by atoms with Crippen molar-refractivity contribution >= 4 is 45.7 Å². The van der Waals surface area contributed by atoms with Gasteiger partial charge in [0.25, 0.3) is 5.78 Å². The molecule has 2 aliphatic rings. The molecule has 0 bridgehead atoms. The van der Waals surface area contributed by atoms with Crippen LogP contribution in [-0.2, 0) is 21.8 Å². The highest BCUT2D eigenvalue weighted by Crippen LogP contribution is 2.46. The van der Waals surface area contributed by atoms with Gasteiger partial charge >= 0.3 is 5.91 Å². The van der Waals surface area contributed by atoms with Crippen molar-refractivity contribution in [2.75, 3.05) is 18.1 Å². The number of thioether (sulfide) groups is 1. The molecule has 0 spiro atoms. The van der Waals surface area contributed by atoms with Crippen LogP contribution in [0.15, 0.2) is 76.6 Å². The number of ketones is 1. The lowest BCUT2D eigenvalue weighted by atomic mass is 9.94. The van der Waals surface area contributed by atoms with E-state index in [-0.39, 0.29) is 22.6 Å². The predicted octanol–water partition coefficient (Wildman–Crippen LogP) is 6.58. The van der Waals surface area contributed by atoms with E-state index in [2.05, 4.69) is 10.2 Å². The van der Waals surface area contributed by atoms with Crippen LogP contribution in [0.2, 0.25) is 0 Å². The number of anilines is 1. The van der Waals surface area contributed by atoms with Gasteiger partial charge in [-0.05, 0) is 67.8 Å². The average molecular weight is 630 g/mol. The molecule has 0 aliphatic carbocycles. The number of ether oxygens (including phenoxy) is 3. The van der Waals surface area contributed by atoms with Crippen LogP contribution in [0.25, 0.3) is 5.76 Å². The van der Waals surface area contributed by atoms with Crippen molar-refractivity contribution in [1.29, 1.82) is 0 Å². The molecule has 2 atom stereocenters. The molecule has 1 aromatic heterocycles. The number of rotatable bonds is 10. The fourth-order valence-corrected chi connectivity index (χ4v) is 7.21. The normalized spacial score (nSPS) is 18.8. The minimum absolute atomic E-state index is 0.0141. The molecule has 0 saturated carbocycles. The number of carbonyl (C=O) groups excluding carboxylic acids is 2. The lowest BCUT2D eigenvalue weighted by molar-refractivity contribution is -0.132. The molecule has 6 rings (SSSR count). The summed E-state index contributed by atoms with van der Waals surface area (Å²) >= 11 is 2.72. The number of hydrogen-bond donors (Lipinski definition) is 1. The summed E-state index contributed by atoms with van der Waals surface area (Å²) in [5.41, 5.74) is 3.00. The van der Waals surface area contributed by atoms with Crippen molar-refractivity contribution in [3.63, 3.8) is 0 Å². The molecule has 2 unspecified atom stereocenters. The smallest absolute Gasteiger partial charge is 0.301 e. The first-order valence-corrected chi connectivity index (χ1v) is 16.2. The second-order valence-electron chi connectivity index (χ2n) is 10.3. The molecule has 11 heteroatoms. The summed E-state index contributed by atoms with van der Waals surface area (Å²) in [6.45, 7) is 6.54. The quantitative estimate of drug-likeness (QED) is 0.0684. The third kappa shape index (κ3) is 5.77. The molecule has 0 radical (unpaired) electrons. The third-order valence-electron chi connectivity index (χ3n) is 7.30. The number of aliphatic hydroxyl groups is 1. The first-order chi connectivity index (χ1) is 21.4. The number of nitrogens with zero attached hydrogens (tertiary/aromatic N) is 3. The molecule has 44 heavy (non-hydrogen) atoms. The van der Waals surface area contributed by atoms with E-state index in [9.17, 15) is 14.7 Å². The predicted molar refractivity (Wildman–Crippen MR) is 170 cm³/mol. The molecule has 1 amide bonds. The minimum atomic E-state index is -0.978. The maximum Gasteiger partial charge on any atom is 0.301 e. The summed E-state index contributed by atoms with van der Waals surface area (Å²) in [7, 11) is 0. The van der Waals surface area contributed by atoms with E-state index in [1.807, 2.05) is 57.2 Å². The number of aliphatic hydroxyl groups excluding tert-OH is 1. The summed E-state index contributed by atoms with van der Waals surface area (Å²) < 4.78 is 18.1. The second-order valence-corrected chi connectivity index (χ2v) is 12.5. The SMILES string of the molecule is CCOc1ccc(C2/C(=C(\O)c3ccc4c(c3)CC(C)O4)C(=O)C(=O)N2c2nnc(SCc3ccccc3)s2)cc1OCC. The van der Waals surface area contributed by atoms with Crippen LogP contribution in [0.4, 0.5) is 5.13 Å². The molecular weight excluding hydrogens is 599 g/mol. The lowest BCUT2D eigenvalue weighted by Crippen LogP contribution is -2.29. The molecule has 1 saturated heterocycles. The van der Waals surface area contributed by atoms with Gasteiger partial charge < -0.3 is 19.3 Å². The van der Waals surface area contributed by atoms with E-state index < -0.39 is 17.7 Å². The van der Waals surface area contributed by atoms with Crippen LogP contribution in [0.3, 0.4) is 0 Å². The van der Waals surface area contributed by atoms with E-state index in [1.54, 1.807) is 30.3 Å². The van der Waals surface area contributed by atoms with Crippen LogP contribution in [-0.4, -0.2) is 46.3 Å². The number of Topliss-reactive ketones (excluding diaryl/α,β-unsaturated/α-hetero) is 1. The zero-order chi connectivity index (χ0) is 30.8. The Morgan fingerprint density at radius 1 is 1.02 bits per heavy atom. The molecule has 4 aromatic rings. The Morgan fingerprint density at radius 3 is 2.57 bits per heavy atom. The summed E-state index contributed by atoms with van der Waals surface area (Å²) in [6, 6.07) is 19.5. The Bertz CT molecular complexity index is 1740. The second kappa shape index (κ2) is 12.7. The van der Waals surface area contributed by atoms with Gasteiger partial charge in [-0.1, -0.05) is 59.5 Å². The molecule has 3 aromatic carbocycles. The molecule has 1 N–H and O–H groups in total. The Morgan fingerprint density at radius 2 is 1.80 bits per heavy atom. The lowest BCUT2D eigenvalue weighted by Gasteiger charge is -2.23. The standard InChI is InChI=1S/C33H31N3O6S2/c1-4-40-25-14-11-21(17-26(25)41-5-2)28-27(29(37)22-12-13-24-23(16-22)15-19(3)42-24)30(38)31(39)36(28)32-34-35-33(44-32)43-18-20-9-7-6-8-10-20/h6-14,16-17,19,28,37H,4-5,15,18H2,1-3H3/b29-27+. The van der Waals surface area contributed by atoms with Gasteiger partial charge in [0.05, 0.1) is 24.8 Å². The average Bonchev–Trinajstić information content (AvgIpc) is 3.72. The first-order valence-electron chi connectivity index (χ1n) is 14.4. The van der Waals surface area contributed by atoms with Crippen LogP contribution in [0.5, 0.6) is 17.2 Å². The van der Waals surface area contributed by atoms with Gasteiger partial charge in [0.15, 0.2) is 15.8 Å². The topological polar surface area (TPSA) is 111 Å². The van der Waals surface area contributed by atoms with Gasteiger partial charge in [0, 0.05) is 17.7 Å². The summed E-state index contributed by atoms with van der Waals surface area (Å²) in [4.78, 5) is 28.8. The molecule has 9 nitrogen and oxygen atoms in total. The van der Waals surface area contributed by atoms with Crippen LogP contribution >= 0.6 is 23.1 Å². The summed E-state index contributed by atoms with van der Waals surface area (Å²) in [5.74, 6) is 0.558. The number of benzene rings is 3. The van der Waals surface area contributed by atoms with Crippen LogP contribution in [0, 0.1) is 0 Å². The van der Waals surface area contributed by atoms with E-state index in [1.165, 1.54) is 28.0 Å². The molecule has 226 valence electrons. The Balaban J connectivity index is 1.43. The molecule has 3 heterocycles. The van der Waals surface area contributed by atoms with E-state index in [4.69, 9.17) is 14.2 Å². The zero-order valence-electron chi connectivity index (χ0n) is 24.5. The number of amides is 1. The Hall–Kier alpha value is -4.35. The number of fused-ring (bicyclic) bond motifs is 1. The number of aromatic nitrogens is 2. The van der Waals surface area contributed by atoms with E-state index >= 15 is 0 Å². The van der Waals surface area contributed by atoms with Crippen LogP contribution in [0.1, 0.15) is 49.1 Å². The van der Waals surface area contributed by atoms with Gasteiger partial charge in [0.1, 0.15) is 17.6 Å². The van der Waals surface area contributed by atoms with E-state index in [0.717, 1.165) is 16.9 Å². The van der Waals surface area contributed by atoms with Gasteiger partial charge in [-0.15, -0.1) is 10.2 Å². The van der Waals surface area contributed by atoms with E-state index in [0.29, 0.717) is 52.4 Å². The van der Waals surface area contributed by atoms with Crippen LogP contribution < -0.4 is 19.1 Å². The maximum atomic E-state index is 13.7. The van der Waals surface area contributed by atoms with Crippen molar-refractivity contribution < 1.29 is 28.9 Å². The third-order valence-corrected chi connectivity index (χ3v) is 9.43. The van der Waals surface area contributed by atoms with Crippen molar-refractivity contribution in [3.05, 3.63) is 94.6 Å². The molecular formula is C33H31N3O6S2. The highest BCUT2D eigenvalue weighted by molar-refractivity contribution is 8.00. The summed E-state index contributed by atoms with van der Waals surface area (Å²) in [6.07, 6.45) is 0.694. The largest absolute Gasteiger partial charge is 0.507 e. The number of carbonyl (C=O) groups is 2. The first kappa shape index (κ1) is 29.7. The zero-order valence-corrected chi connectivity index (χ0v) is 26.1.